The number of hydrogen-bond acceptors (Lipinski definition) is 4. The molecule has 5 heteroatoms. The number of carbonyl (C=O) groups is 1. The SMILES string of the molecule is CC(C)=CC(=O)N1C[C@H](c2ccc3c(c2)OCO3)[C@H]2[C@@H]1C1CCN2CC1. The molecule has 5 nitrogen and oxygen atoms in total. The number of rotatable bonds is 2. The maximum atomic E-state index is 12.9. The molecule has 4 saturated heterocycles. The summed E-state index contributed by atoms with van der Waals surface area (Å²) in [5, 5.41) is 0. The molecular formula is C21H26N2O3. The Morgan fingerprint density at radius 1 is 1.12 bits per heavy atom. The second kappa shape index (κ2) is 6.02. The fourth-order valence-electron chi connectivity index (χ4n) is 5.44. The molecule has 3 atom stereocenters. The van der Waals surface area contributed by atoms with Gasteiger partial charge in [-0.1, -0.05) is 11.6 Å². The fourth-order valence-corrected chi connectivity index (χ4v) is 5.44. The predicted octanol–water partition coefficient (Wildman–Crippen LogP) is 2.77. The number of hydrogen-bond donors (Lipinski definition) is 0. The van der Waals surface area contributed by atoms with E-state index >= 15 is 0 Å². The van der Waals surface area contributed by atoms with Crippen LogP contribution in [0.5, 0.6) is 11.5 Å². The van der Waals surface area contributed by atoms with Crippen LogP contribution in [0.3, 0.4) is 0 Å². The third-order valence-corrected chi connectivity index (χ3v) is 6.51. The minimum atomic E-state index is 0.178. The fraction of sp³-hybridized carbons (Fsp3) is 0.571. The van der Waals surface area contributed by atoms with Gasteiger partial charge in [0.2, 0.25) is 12.7 Å². The molecule has 0 aliphatic carbocycles. The van der Waals surface area contributed by atoms with E-state index in [1.165, 1.54) is 18.4 Å². The van der Waals surface area contributed by atoms with Crippen LogP contribution < -0.4 is 9.47 Å². The lowest BCUT2D eigenvalue weighted by Crippen LogP contribution is -2.60. The molecule has 1 amide bonds. The van der Waals surface area contributed by atoms with E-state index in [1.807, 2.05) is 19.9 Å². The summed E-state index contributed by atoms with van der Waals surface area (Å²) in [5.41, 5.74) is 2.34. The van der Waals surface area contributed by atoms with Gasteiger partial charge in [-0.15, -0.1) is 0 Å². The van der Waals surface area contributed by atoms with Crippen LogP contribution in [0.2, 0.25) is 0 Å². The summed E-state index contributed by atoms with van der Waals surface area (Å²) in [6, 6.07) is 7.08. The first-order valence-electron chi connectivity index (χ1n) is 9.71. The average molecular weight is 354 g/mol. The van der Waals surface area contributed by atoms with Crippen LogP contribution in [0, 0.1) is 5.92 Å². The molecule has 0 unspecified atom stereocenters. The average Bonchev–Trinajstić information content (AvgIpc) is 3.27. The second-order valence-electron chi connectivity index (χ2n) is 8.29. The van der Waals surface area contributed by atoms with Gasteiger partial charge in [0.25, 0.3) is 0 Å². The van der Waals surface area contributed by atoms with Gasteiger partial charge in [-0.2, -0.15) is 0 Å². The number of piperidine rings is 3. The highest BCUT2D eigenvalue weighted by Crippen LogP contribution is 2.48. The maximum Gasteiger partial charge on any atom is 0.246 e. The molecular weight excluding hydrogens is 328 g/mol. The van der Waals surface area contributed by atoms with Crippen LogP contribution in [-0.2, 0) is 4.79 Å². The summed E-state index contributed by atoms with van der Waals surface area (Å²) in [4.78, 5) is 17.7. The summed E-state index contributed by atoms with van der Waals surface area (Å²) in [7, 11) is 0. The Labute approximate surface area is 154 Å². The van der Waals surface area contributed by atoms with Crippen LogP contribution in [0.4, 0.5) is 0 Å². The van der Waals surface area contributed by atoms with Crippen molar-refractivity contribution in [2.24, 2.45) is 5.92 Å². The highest BCUT2D eigenvalue weighted by molar-refractivity contribution is 5.89. The third-order valence-electron chi connectivity index (χ3n) is 6.51. The monoisotopic (exact) mass is 354 g/mol. The number of benzene rings is 1. The quantitative estimate of drug-likeness (QED) is 0.766. The lowest BCUT2D eigenvalue weighted by molar-refractivity contribution is -0.130. The van der Waals surface area contributed by atoms with Crippen LogP contribution in [0.25, 0.3) is 0 Å². The normalized spacial score (nSPS) is 33.9. The van der Waals surface area contributed by atoms with Crippen molar-refractivity contribution in [1.29, 1.82) is 0 Å². The van der Waals surface area contributed by atoms with Crippen LogP contribution in [-0.4, -0.2) is 54.2 Å². The van der Waals surface area contributed by atoms with Crippen molar-refractivity contribution in [2.75, 3.05) is 26.4 Å². The summed E-state index contributed by atoms with van der Waals surface area (Å²) in [6.07, 6.45) is 4.23. The van der Waals surface area contributed by atoms with Crippen LogP contribution in [0.15, 0.2) is 29.8 Å². The highest BCUT2D eigenvalue weighted by atomic mass is 16.7. The highest BCUT2D eigenvalue weighted by Gasteiger charge is 2.54. The number of fused-ring (bicyclic) bond motifs is 3. The standard InChI is InChI=1S/C21H26N2O3/c1-13(2)9-19(24)23-11-16(15-3-4-17-18(10-15)26-12-25-17)21-20(23)14-5-7-22(21)8-6-14/h3-4,9-10,14,16,20-21H,5-8,11-12H2,1-2H3/t16-,20+,21+/m1/s1. The number of ether oxygens (including phenoxy) is 2. The van der Waals surface area contributed by atoms with Gasteiger partial charge < -0.3 is 14.4 Å². The Morgan fingerprint density at radius 3 is 2.65 bits per heavy atom. The van der Waals surface area contributed by atoms with Crippen molar-refractivity contribution in [3.05, 3.63) is 35.4 Å². The van der Waals surface area contributed by atoms with Gasteiger partial charge in [-0.25, -0.2) is 0 Å². The second-order valence-corrected chi connectivity index (χ2v) is 8.29. The molecule has 1 aromatic carbocycles. The van der Waals surface area contributed by atoms with Gasteiger partial charge in [0, 0.05) is 24.6 Å². The van der Waals surface area contributed by atoms with E-state index in [-0.39, 0.29) is 5.91 Å². The van der Waals surface area contributed by atoms with Crippen LogP contribution >= 0.6 is 0 Å². The number of likely N-dealkylation sites (tertiary alicyclic amines) is 1. The summed E-state index contributed by atoms with van der Waals surface area (Å²) in [6.45, 7) is 7.42. The first kappa shape index (κ1) is 16.2. The van der Waals surface area contributed by atoms with Crippen LogP contribution in [0.1, 0.15) is 38.2 Å². The summed E-state index contributed by atoms with van der Waals surface area (Å²) >= 11 is 0. The number of amides is 1. The first-order valence-corrected chi connectivity index (χ1v) is 9.71. The van der Waals surface area contributed by atoms with E-state index < -0.39 is 0 Å². The topological polar surface area (TPSA) is 42.0 Å². The smallest absolute Gasteiger partial charge is 0.246 e. The zero-order valence-corrected chi connectivity index (χ0v) is 15.5. The van der Waals surface area contributed by atoms with Crippen molar-refractivity contribution >= 4 is 5.91 Å². The molecule has 26 heavy (non-hydrogen) atoms. The van der Waals surface area contributed by atoms with E-state index in [9.17, 15) is 4.79 Å². The summed E-state index contributed by atoms with van der Waals surface area (Å²) in [5.74, 6) is 2.82. The van der Waals surface area contributed by atoms with E-state index in [0.717, 1.165) is 36.7 Å². The molecule has 5 aliphatic heterocycles. The first-order chi connectivity index (χ1) is 12.6. The van der Waals surface area contributed by atoms with Gasteiger partial charge in [0.1, 0.15) is 0 Å². The Hall–Kier alpha value is -2.01. The minimum Gasteiger partial charge on any atom is -0.454 e. The van der Waals surface area contributed by atoms with Crippen molar-refractivity contribution in [3.8, 4) is 11.5 Å². The zero-order valence-electron chi connectivity index (χ0n) is 15.5. The minimum absolute atomic E-state index is 0.178. The molecule has 5 aliphatic rings. The summed E-state index contributed by atoms with van der Waals surface area (Å²) < 4.78 is 11.1. The molecule has 2 bridgehead atoms. The van der Waals surface area contributed by atoms with Crippen molar-refractivity contribution in [2.45, 2.75) is 44.7 Å². The largest absolute Gasteiger partial charge is 0.454 e. The van der Waals surface area contributed by atoms with Gasteiger partial charge in [-0.05, 0) is 63.4 Å². The van der Waals surface area contributed by atoms with E-state index in [4.69, 9.17) is 9.47 Å². The predicted molar refractivity (Wildman–Crippen MR) is 98.3 cm³/mol. The maximum absolute atomic E-state index is 12.9. The van der Waals surface area contributed by atoms with Crippen molar-refractivity contribution < 1.29 is 14.3 Å². The lowest BCUT2D eigenvalue weighted by Gasteiger charge is -2.51. The van der Waals surface area contributed by atoms with Gasteiger partial charge in [0.05, 0.1) is 6.04 Å². The van der Waals surface area contributed by atoms with E-state index in [0.29, 0.717) is 30.7 Å². The Bertz CT molecular complexity index is 763. The lowest BCUT2D eigenvalue weighted by atomic mass is 9.75. The Balaban J connectivity index is 1.52. The molecule has 6 rings (SSSR count). The van der Waals surface area contributed by atoms with Gasteiger partial charge in [-0.3, -0.25) is 9.69 Å². The Kier molecular flexibility index (Phi) is 3.74. The molecule has 0 aromatic heterocycles. The van der Waals surface area contributed by atoms with Crippen molar-refractivity contribution in [1.82, 2.24) is 9.80 Å². The molecule has 0 N–H and O–H groups in total. The molecule has 4 fully saturated rings. The molecule has 138 valence electrons. The third kappa shape index (κ3) is 2.44. The zero-order chi connectivity index (χ0) is 17.8. The van der Waals surface area contributed by atoms with Gasteiger partial charge in [0.15, 0.2) is 11.5 Å². The molecule has 1 aromatic rings. The number of nitrogens with zero attached hydrogens (tertiary/aromatic N) is 2. The molecule has 5 heterocycles. The number of carbonyl (C=O) groups excluding carboxylic acids is 1. The van der Waals surface area contributed by atoms with Crippen molar-refractivity contribution in [3.63, 3.8) is 0 Å². The van der Waals surface area contributed by atoms with E-state index in [1.54, 1.807) is 6.08 Å². The number of allylic oxidation sites excluding steroid dienone is 1. The van der Waals surface area contributed by atoms with E-state index in [2.05, 4.69) is 21.9 Å². The molecule has 0 saturated carbocycles. The molecule has 0 radical (unpaired) electrons. The molecule has 0 spiro atoms. The Morgan fingerprint density at radius 2 is 1.88 bits per heavy atom. The van der Waals surface area contributed by atoms with Gasteiger partial charge >= 0.3 is 0 Å².